The van der Waals surface area contributed by atoms with Crippen molar-refractivity contribution >= 4 is 0 Å². The minimum atomic E-state index is -0.314. The van der Waals surface area contributed by atoms with E-state index in [1.54, 1.807) is 0 Å². The lowest BCUT2D eigenvalue weighted by atomic mass is 9.77. The number of hydrogen-bond acceptors (Lipinski definition) is 3. The third-order valence-electron chi connectivity index (χ3n) is 12.2. The molecule has 0 bridgehead atoms. The number of pyridine rings is 2. The summed E-state index contributed by atoms with van der Waals surface area (Å²) in [6.07, 6.45) is 1.89. The van der Waals surface area contributed by atoms with Gasteiger partial charge in [-0.25, -0.2) is 4.98 Å². The van der Waals surface area contributed by atoms with Crippen LogP contribution in [-0.4, -0.2) is 15.1 Å². The first-order chi connectivity index (χ1) is 29.6. The fourth-order valence-corrected chi connectivity index (χ4v) is 8.35. The van der Waals surface area contributed by atoms with Crippen LogP contribution in [0.4, 0.5) is 0 Å². The molecule has 61 heavy (non-hydrogen) atoms. The first-order valence-corrected chi connectivity index (χ1v) is 20.9. The quantitative estimate of drug-likeness (QED) is 0.150. The molecule has 0 aliphatic carbocycles. The molecule has 0 aliphatic heterocycles. The molecular formula is C58H48N2O. The van der Waals surface area contributed by atoms with Crippen molar-refractivity contribution < 1.29 is 5.11 Å². The van der Waals surface area contributed by atoms with Crippen molar-refractivity contribution in [3.8, 4) is 72.9 Å². The van der Waals surface area contributed by atoms with Gasteiger partial charge < -0.3 is 5.11 Å². The van der Waals surface area contributed by atoms with E-state index in [9.17, 15) is 5.11 Å². The Morgan fingerprint density at radius 1 is 0.328 bits per heavy atom. The molecule has 0 unspecified atom stereocenters. The molecule has 0 radical (unpaired) electrons. The molecule has 296 valence electrons. The molecule has 3 heteroatoms. The first kappa shape index (κ1) is 39.1. The van der Waals surface area contributed by atoms with Crippen LogP contribution in [0, 0.1) is 0 Å². The maximum absolute atomic E-state index is 11.6. The van der Waals surface area contributed by atoms with E-state index >= 15 is 0 Å². The van der Waals surface area contributed by atoms with Crippen molar-refractivity contribution in [2.45, 2.75) is 38.5 Å². The van der Waals surface area contributed by atoms with Crippen molar-refractivity contribution in [1.29, 1.82) is 0 Å². The number of nitrogens with zero attached hydrogens (tertiary/aromatic N) is 2. The van der Waals surface area contributed by atoms with Gasteiger partial charge in [0.1, 0.15) is 5.75 Å². The van der Waals surface area contributed by atoms with Crippen molar-refractivity contribution in [1.82, 2.24) is 9.97 Å². The van der Waals surface area contributed by atoms with Gasteiger partial charge in [0.2, 0.25) is 0 Å². The predicted molar refractivity (Wildman–Crippen MR) is 253 cm³/mol. The van der Waals surface area contributed by atoms with Crippen LogP contribution in [0.15, 0.2) is 212 Å². The van der Waals surface area contributed by atoms with Gasteiger partial charge in [-0.05, 0) is 110 Å². The Labute approximate surface area is 359 Å². The zero-order chi connectivity index (χ0) is 42.0. The van der Waals surface area contributed by atoms with E-state index < -0.39 is 0 Å². The van der Waals surface area contributed by atoms with Crippen LogP contribution in [0.5, 0.6) is 5.75 Å². The number of phenols is 1. The van der Waals surface area contributed by atoms with Gasteiger partial charge >= 0.3 is 0 Å². The van der Waals surface area contributed by atoms with Gasteiger partial charge in [0.15, 0.2) is 0 Å². The molecule has 0 saturated heterocycles. The summed E-state index contributed by atoms with van der Waals surface area (Å²) in [6.45, 7) is 9.00. The summed E-state index contributed by atoms with van der Waals surface area (Å²) in [5, 5.41) is 11.6. The van der Waals surface area contributed by atoms with Crippen molar-refractivity contribution in [3.05, 3.63) is 235 Å². The van der Waals surface area contributed by atoms with Crippen LogP contribution < -0.4 is 0 Å². The molecule has 7 aromatic carbocycles. The highest BCUT2D eigenvalue weighted by Crippen LogP contribution is 2.41. The van der Waals surface area contributed by atoms with Gasteiger partial charge in [0.25, 0.3) is 0 Å². The van der Waals surface area contributed by atoms with E-state index in [-0.39, 0.29) is 16.6 Å². The second-order valence-electron chi connectivity index (χ2n) is 16.9. The average molecular weight is 789 g/mol. The molecule has 0 spiro atoms. The van der Waals surface area contributed by atoms with E-state index in [1.165, 1.54) is 16.7 Å². The molecule has 0 aliphatic rings. The highest BCUT2D eigenvalue weighted by atomic mass is 16.3. The Kier molecular flexibility index (Phi) is 10.5. The van der Waals surface area contributed by atoms with E-state index in [0.29, 0.717) is 11.3 Å². The standard InChI is InChI=1S/C58H48N2O/c1-57(2,48-21-13-7-14-22-48)50-27-25-42(26-28-50)45-37-54(60-55(38-45)52-39-51(29-30-56(52)61)58(3,4)49-23-15-8-16-24-49)47-34-44(41-19-11-6-12-20-41)33-46(35-47)53-36-43(31-32-59-53)40-17-9-5-10-18-40/h5-39,61H,1-4H3. The fraction of sp³-hybridized carbons (Fsp3) is 0.103. The molecule has 0 amide bonds. The van der Waals surface area contributed by atoms with E-state index in [1.807, 2.05) is 36.5 Å². The molecule has 1 N–H and O–H groups in total. The third-order valence-corrected chi connectivity index (χ3v) is 12.2. The summed E-state index contributed by atoms with van der Waals surface area (Å²) in [6, 6.07) is 72.0. The maximum atomic E-state index is 11.6. The van der Waals surface area contributed by atoms with Gasteiger partial charge in [-0.3, -0.25) is 4.98 Å². The van der Waals surface area contributed by atoms with Crippen LogP contribution in [0.25, 0.3) is 67.2 Å². The summed E-state index contributed by atoms with van der Waals surface area (Å²) in [5.74, 6) is 0.184. The average Bonchev–Trinajstić information content (AvgIpc) is 3.32. The molecule has 9 aromatic rings. The van der Waals surface area contributed by atoms with Gasteiger partial charge in [-0.2, -0.15) is 0 Å². The zero-order valence-electron chi connectivity index (χ0n) is 35.0. The summed E-state index contributed by atoms with van der Waals surface area (Å²) in [5.41, 5.74) is 15.8. The number of phenolic OH excluding ortho intramolecular Hbond substituents is 1. The summed E-state index contributed by atoms with van der Waals surface area (Å²) < 4.78 is 0. The van der Waals surface area contributed by atoms with Gasteiger partial charge in [0, 0.05) is 33.7 Å². The molecule has 9 rings (SSSR count). The summed E-state index contributed by atoms with van der Waals surface area (Å²) >= 11 is 0. The Bertz CT molecular complexity index is 2940. The minimum Gasteiger partial charge on any atom is -0.507 e. The van der Waals surface area contributed by atoms with Gasteiger partial charge in [0.05, 0.1) is 17.1 Å². The predicted octanol–water partition coefficient (Wildman–Crippen LogP) is 14.8. The van der Waals surface area contributed by atoms with Crippen molar-refractivity contribution in [3.63, 3.8) is 0 Å². The largest absolute Gasteiger partial charge is 0.507 e. The SMILES string of the molecule is CC(C)(c1ccccc1)c1ccc(-c2cc(-c3cc(-c4ccccc4)cc(-c4cc(-c5ccccc5)ccn4)c3)nc(-c3cc(C(C)(C)c4ccccc4)ccc3O)c2)cc1. The van der Waals surface area contributed by atoms with Crippen LogP contribution in [0.2, 0.25) is 0 Å². The Morgan fingerprint density at radius 2 is 0.754 bits per heavy atom. The maximum Gasteiger partial charge on any atom is 0.124 e. The first-order valence-electron chi connectivity index (χ1n) is 20.9. The van der Waals surface area contributed by atoms with Crippen LogP contribution in [0.1, 0.15) is 49.9 Å². The monoisotopic (exact) mass is 788 g/mol. The molecule has 3 nitrogen and oxygen atoms in total. The van der Waals surface area contributed by atoms with E-state index in [2.05, 4.69) is 204 Å². The molecule has 2 aromatic heterocycles. The van der Waals surface area contributed by atoms with Crippen LogP contribution in [-0.2, 0) is 10.8 Å². The second-order valence-corrected chi connectivity index (χ2v) is 16.9. The molecular weight excluding hydrogens is 741 g/mol. The Balaban J connectivity index is 1.23. The van der Waals surface area contributed by atoms with Crippen molar-refractivity contribution in [2.24, 2.45) is 0 Å². The van der Waals surface area contributed by atoms with Crippen LogP contribution >= 0.6 is 0 Å². The normalized spacial score (nSPS) is 11.7. The minimum absolute atomic E-state index is 0.174. The highest BCUT2D eigenvalue weighted by Gasteiger charge is 2.26. The summed E-state index contributed by atoms with van der Waals surface area (Å²) in [4.78, 5) is 10.3. The Hall–Kier alpha value is -7.36. The summed E-state index contributed by atoms with van der Waals surface area (Å²) in [7, 11) is 0. The fourth-order valence-electron chi connectivity index (χ4n) is 8.35. The van der Waals surface area contributed by atoms with Gasteiger partial charge in [-0.15, -0.1) is 0 Å². The number of aromatic nitrogens is 2. The smallest absolute Gasteiger partial charge is 0.124 e. The number of hydrogen-bond donors (Lipinski definition) is 1. The lowest BCUT2D eigenvalue weighted by Gasteiger charge is -2.27. The number of rotatable bonds is 10. The lowest BCUT2D eigenvalue weighted by molar-refractivity contribution is 0.476. The van der Waals surface area contributed by atoms with E-state index in [0.717, 1.165) is 61.5 Å². The molecule has 0 fully saturated rings. The van der Waals surface area contributed by atoms with Crippen LogP contribution in [0.3, 0.4) is 0 Å². The number of benzene rings is 7. The second kappa shape index (κ2) is 16.4. The molecule has 0 saturated carbocycles. The third kappa shape index (κ3) is 8.03. The zero-order valence-corrected chi connectivity index (χ0v) is 35.0. The number of aromatic hydroxyl groups is 1. The topological polar surface area (TPSA) is 46.0 Å². The molecule has 2 heterocycles. The molecule has 0 atom stereocenters. The lowest BCUT2D eigenvalue weighted by Crippen LogP contribution is -2.18. The highest BCUT2D eigenvalue weighted by molar-refractivity contribution is 5.84. The Morgan fingerprint density at radius 3 is 1.36 bits per heavy atom. The van der Waals surface area contributed by atoms with Crippen molar-refractivity contribution in [2.75, 3.05) is 0 Å². The van der Waals surface area contributed by atoms with Gasteiger partial charge in [-0.1, -0.05) is 179 Å². The van der Waals surface area contributed by atoms with E-state index in [4.69, 9.17) is 9.97 Å².